The predicted octanol–water partition coefficient (Wildman–Crippen LogP) is 2.43. The Morgan fingerprint density at radius 3 is 2.11 bits per heavy atom. The summed E-state index contributed by atoms with van der Waals surface area (Å²) in [5.74, 6) is 0.589. The van der Waals surface area contributed by atoms with E-state index in [0.717, 1.165) is 0 Å². The molecule has 179 valence electrons. The Labute approximate surface area is 242 Å². The van der Waals surface area contributed by atoms with Crippen molar-refractivity contribution >= 4 is 24.6 Å². The molecule has 0 saturated heterocycles. The van der Waals surface area contributed by atoms with Crippen molar-refractivity contribution in [2.75, 3.05) is 0 Å². The van der Waals surface area contributed by atoms with Gasteiger partial charge in [-0.1, -0.05) is 69.8 Å². The van der Waals surface area contributed by atoms with Crippen molar-refractivity contribution in [3.8, 4) is 11.1 Å². The van der Waals surface area contributed by atoms with Gasteiger partial charge in [0.15, 0.2) is 0 Å². The normalized spacial score (nSPS) is 16.3. The van der Waals surface area contributed by atoms with E-state index in [1.165, 1.54) is 55.6 Å². The molecule has 0 atom stereocenters. The number of rotatable bonds is 2. The fourth-order valence-corrected chi connectivity index (χ4v) is 9.58. The second kappa shape index (κ2) is 10.9. The molecule has 35 heavy (non-hydrogen) atoms. The van der Waals surface area contributed by atoms with E-state index in [1.807, 2.05) is 0 Å². The first kappa shape index (κ1) is 29.8. The van der Waals surface area contributed by atoms with Gasteiger partial charge in [0, 0.05) is 11.3 Å². The largest absolute Gasteiger partial charge is 3.00 e. The van der Waals surface area contributed by atoms with Crippen LogP contribution in [0.2, 0.25) is 13.1 Å². The summed E-state index contributed by atoms with van der Waals surface area (Å²) in [7, 11) is -1.15. The van der Waals surface area contributed by atoms with Crippen LogP contribution in [-0.4, -0.2) is 13.8 Å². The van der Waals surface area contributed by atoms with Crippen molar-refractivity contribution < 1.29 is 51.0 Å². The summed E-state index contributed by atoms with van der Waals surface area (Å²) in [5.41, 5.74) is 10.9. The molecule has 0 unspecified atom stereocenters. The van der Waals surface area contributed by atoms with Gasteiger partial charge in [0.25, 0.3) is 0 Å². The number of halogens is 2. The van der Waals surface area contributed by atoms with Gasteiger partial charge >= 0.3 is 26.2 Å². The van der Waals surface area contributed by atoms with Crippen LogP contribution >= 0.6 is 0 Å². The van der Waals surface area contributed by atoms with Crippen molar-refractivity contribution in [2.45, 2.75) is 53.6 Å². The molecule has 1 nitrogen and oxygen atoms in total. The summed E-state index contributed by atoms with van der Waals surface area (Å²) < 4.78 is 0. The number of aliphatic imine (C=N–C) groups is 1. The molecule has 2 bridgehead atoms. The zero-order valence-electron chi connectivity index (χ0n) is 21.6. The molecule has 7 rings (SSSR count). The average Bonchev–Trinajstić information content (AvgIpc) is 3.41. The summed E-state index contributed by atoms with van der Waals surface area (Å²) >= 11 is 0. The van der Waals surface area contributed by atoms with Crippen LogP contribution in [0.4, 0.5) is 0 Å². The van der Waals surface area contributed by atoms with Crippen LogP contribution < -0.4 is 24.8 Å². The monoisotopic (exact) mass is 594 g/mol. The van der Waals surface area contributed by atoms with Crippen LogP contribution in [0.1, 0.15) is 44.7 Å². The van der Waals surface area contributed by atoms with Gasteiger partial charge in [-0.25, -0.2) is 0 Å². The van der Waals surface area contributed by atoms with Crippen LogP contribution in [0.3, 0.4) is 0 Å². The molecule has 1 radical (unpaired) electrons. The van der Waals surface area contributed by atoms with E-state index in [9.17, 15) is 0 Å². The van der Waals surface area contributed by atoms with E-state index in [0.29, 0.717) is 5.92 Å². The predicted molar refractivity (Wildman–Crippen MR) is 142 cm³/mol. The standard InChI is InChI=1S/C19H19.C11H13NSi.2ClH.Zr/c1-13(2)15-7-9-16(10-8-15)18-6-4-5-17-11-14(3)12-19(17)18;1-6-5-8-9(12-6)11-7(2)10(8)13(11,3)4;;;/h4-13H,1-3H3;5H,1-4H3;2*1H;/q-1;;;;+3/p-2. The van der Waals surface area contributed by atoms with Gasteiger partial charge in [0.05, 0.1) is 5.70 Å². The topological polar surface area (TPSA) is 12.4 Å². The van der Waals surface area contributed by atoms with Gasteiger partial charge < -0.3 is 24.8 Å². The second-order valence-electron chi connectivity index (χ2n) is 10.3. The summed E-state index contributed by atoms with van der Waals surface area (Å²) in [6.07, 6.45) is 2.25. The third-order valence-corrected chi connectivity index (χ3v) is 10.9. The van der Waals surface area contributed by atoms with Crippen LogP contribution in [0, 0.1) is 6.92 Å². The SMILES string of the molecule is CC1=NC2=C3C(C)=C(C2=C1)[Si]3(C)C.Cc1cc2c(-c3ccc(C(C)C)cc3)cccc2[cH-]1.[Cl-].[Cl-].[Zr+3]. The molecule has 0 saturated carbocycles. The van der Waals surface area contributed by atoms with Crippen LogP contribution in [0.15, 0.2) is 92.9 Å². The maximum absolute atomic E-state index is 4.62. The van der Waals surface area contributed by atoms with Gasteiger partial charge in [0.1, 0.15) is 8.07 Å². The molecule has 3 aromatic rings. The van der Waals surface area contributed by atoms with E-state index >= 15 is 0 Å². The van der Waals surface area contributed by atoms with Crippen molar-refractivity contribution in [3.05, 3.63) is 99.0 Å². The molecule has 3 heterocycles. The smallest absolute Gasteiger partial charge is 1.00 e. The summed E-state index contributed by atoms with van der Waals surface area (Å²) in [6.45, 7) is 15.8. The number of aryl methyl sites for hydroxylation is 1. The maximum Gasteiger partial charge on any atom is 3.00 e. The van der Waals surface area contributed by atoms with Crippen molar-refractivity contribution in [1.82, 2.24) is 0 Å². The molecule has 5 heteroatoms. The van der Waals surface area contributed by atoms with Crippen molar-refractivity contribution in [1.29, 1.82) is 0 Å². The van der Waals surface area contributed by atoms with Crippen LogP contribution in [0.25, 0.3) is 21.9 Å². The van der Waals surface area contributed by atoms with E-state index in [2.05, 4.69) is 113 Å². The summed E-state index contributed by atoms with van der Waals surface area (Å²) in [5, 5.41) is 5.98. The average molecular weight is 597 g/mol. The minimum Gasteiger partial charge on any atom is -1.00 e. The summed E-state index contributed by atoms with van der Waals surface area (Å²) in [6, 6.07) is 20.1. The van der Waals surface area contributed by atoms with E-state index < -0.39 is 8.07 Å². The third kappa shape index (κ3) is 4.95. The van der Waals surface area contributed by atoms with Gasteiger partial charge in [-0.3, -0.25) is 4.99 Å². The summed E-state index contributed by atoms with van der Waals surface area (Å²) in [4.78, 5) is 4.62. The van der Waals surface area contributed by atoms with E-state index in [-0.39, 0.29) is 51.0 Å². The minimum atomic E-state index is -1.15. The van der Waals surface area contributed by atoms with E-state index in [4.69, 9.17) is 0 Å². The molecule has 0 N–H and O–H groups in total. The Kier molecular flexibility index (Phi) is 9.32. The number of hydrogen-bond acceptors (Lipinski definition) is 1. The molecule has 3 aromatic carbocycles. The first-order chi connectivity index (χ1) is 15.2. The molecule has 4 aliphatic rings. The Morgan fingerprint density at radius 2 is 1.54 bits per heavy atom. The molecule has 3 aliphatic heterocycles. The maximum atomic E-state index is 4.62. The van der Waals surface area contributed by atoms with Gasteiger partial charge in [-0.15, -0.1) is 34.5 Å². The third-order valence-electron chi connectivity index (χ3n) is 7.19. The molecular formula is C30H32Cl2NSiZr. The molecule has 0 fully saturated rings. The second-order valence-corrected chi connectivity index (χ2v) is 14.5. The molecule has 0 amide bonds. The van der Waals surface area contributed by atoms with Crippen molar-refractivity contribution in [2.24, 2.45) is 4.99 Å². The Balaban J connectivity index is 0.000000239. The number of hydrogen-bond donors (Lipinski definition) is 0. The van der Waals surface area contributed by atoms with Gasteiger partial charge in [-0.05, 0) is 52.9 Å². The number of nitrogens with zero attached hydrogens (tertiary/aromatic N) is 1. The van der Waals surface area contributed by atoms with E-state index in [1.54, 1.807) is 10.4 Å². The molecule has 1 aliphatic carbocycles. The quantitative estimate of drug-likeness (QED) is 0.319. The van der Waals surface area contributed by atoms with Gasteiger partial charge in [-0.2, -0.15) is 6.07 Å². The fourth-order valence-electron chi connectivity index (χ4n) is 5.75. The first-order valence-corrected chi connectivity index (χ1v) is 14.7. The minimum absolute atomic E-state index is 0. The molecule has 0 aromatic heterocycles. The number of fused-ring (bicyclic) bond motifs is 1. The fraction of sp³-hybridized carbons (Fsp3) is 0.267. The van der Waals surface area contributed by atoms with Crippen LogP contribution in [-0.2, 0) is 26.2 Å². The Hall–Kier alpha value is -1.38. The Morgan fingerprint density at radius 1 is 0.886 bits per heavy atom. The molecule has 0 spiro atoms. The Bertz CT molecular complexity index is 1390. The zero-order valence-corrected chi connectivity index (χ0v) is 26.5. The van der Waals surface area contributed by atoms with Crippen molar-refractivity contribution in [3.63, 3.8) is 0 Å². The van der Waals surface area contributed by atoms with Crippen LogP contribution in [0.5, 0.6) is 0 Å². The molecular weight excluding hydrogens is 565 g/mol. The van der Waals surface area contributed by atoms with Gasteiger partial charge in [0.2, 0.25) is 0 Å². The number of allylic oxidation sites excluding steroid dienone is 4. The first-order valence-electron chi connectivity index (χ1n) is 11.7. The number of benzene rings is 2. The zero-order chi connectivity index (χ0) is 22.8.